The van der Waals surface area contributed by atoms with Crippen LogP contribution in [0.2, 0.25) is 0 Å². The Kier molecular flexibility index (Phi) is 5.85. The number of nitrogens with two attached hydrogens (primary N) is 1. The van der Waals surface area contributed by atoms with Crippen LogP contribution in [-0.4, -0.2) is 60.2 Å². The Balaban J connectivity index is 1.59. The summed E-state index contributed by atoms with van der Waals surface area (Å²) in [6.07, 6.45) is 4.89. The molecule has 1 aliphatic rings. The summed E-state index contributed by atoms with van der Waals surface area (Å²) < 4.78 is 7.96. The maximum Gasteiger partial charge on any atom is 0.159 e. The van der Waals surface area contributed by atoms with Crippen LogP contribution in [0.1, 0.15) is 12.0 Å². The maximum atomic E-state index is 5.97. The highest BCUT2D eigenvalue weighted by atomic mass is 16.5. The number of morpholine rings is 1. The zero-order chi connectivity index (χ0) is 19.3. The molecule has 0 spiro atoms. The van der Waals surface area contributed by atoms with Gasteiger partial charge in [0.25, 0.3) is 0 Å². The first-order valence-corrected chi connectivity index (χ1v) is 9.93. The van der Waals surface area contributed by atoms with E-state index in [0.29, 0.717) is 13.2 Å². The number of pyridine rings is 1. The lowest BCUT2D eigenvalue weighted by Crippen LogP contribution is -2.44. The second-order valence-corrected chi connectivity index (χ2v) is 7.23. The summed E-state index contributed by atoms with van der Waals surface area (Å²) in [7, 11) is 0. The monoisotopic (exact) mass is 380 g/mol. The summed E-state index contributed by atoms with van der Waals surface area (Å²) in [5.74, 6) is 1.00. The summed E-state index contributed by atoms with van der Waals surface area (Å²) in [4.78, 5) is 6.66. The van der Waals surface area contributed by atoms with Crippen LogP contribution in [0.25, 0.3) is 16.6 Å². The quantitative estimate of drug-likeness (QED) is 0.609. The number of anilines is 1. The van der Waals surface area contributed by atoms with Crippen LogP contribution in [0.4, 0.5) is 5.82 Å². The molecule has 1 atom stereocenters. The average Bonchev–Trinajstić information content (AvgIpc) is 3.12. The number of nitrogens with zero attached hydrogens (tertiary/aromatic N) is 4. The third-order valence-electron chi connectivity index (χ3n) is 5.14. The number of ether oxygens (including phenoxy) is 1. The number of aromatic nitrogens is 3. The Morgan fingerprint density at radius 2 is 2.07 bits per heavy atom. The minimum absolute atomic E-state index is 0.195. The molecule has 0 saturated carbocycles. The highest BCUT2D eigenvalue weighted by molar-refractivity contribution is 5.91. The average molecular weight is 380 g/mol. The third kappa shape index (κ3) is 4.01. The van der Waals surface area contributed by atoms with E-state index in [-0.39, 0.29) is 6.10 Å². The summed E-state index contributed by atoms with van der Waals surface area (Å²) in [6.45, 7) is 6.91. The van der Waals surface area contributed by atoms with Crippen molar-refractivity contribution in [2.75, 3.05) is 44.2 Å². The lowest BCUT2D eigenvalue weighted by atomic mass is 10.2. The van der Waals surface area contributed by atoms with Gasteiger partial charge in [-0.3, -0.25) is 4.98 Å². The molecule has 3 aromatic rings. The second kappa shape index (κ2) is 8.68. The molecule has 1 unspecified atom stereocenters. The predicted molar refractivity (Wildman–Crippen MR) is 112 cm³/mol. The molecule has 0 radical (unpaired) electrons. The summed E-state index contributed by atoms with van der Waals surface area (Å²) in [5, 5.41) is 9.44. The van der Waals surface area contributed by atoms with Crippen LogP contribution in [-0.2, 0) is 4.74 Å². The Morgan fingerprint density at radius 3 is 2.89 bits per heavy atom. The van der Waals surface area contributed by atoms with Crippen LogP contribution in [0.15, 0.2) is 42.7 Å². The van der Waals surface area contributed by atoms with E-state index in [9.17, 15) is 0 Å². The van der Waals surface area contributed by atoms with Crippen LogP contribution < -0.4 is 16.0 Å². The highest BCUT2D eigenvalue weighted by Gasteiger charge is 2.24. The first-order valence-electron chi connectivity index (χ1n) is 9.93. The van der Waals surface area contributed by atoms with Crippen molar-refractivity contribution in [2.45, 2.75) is 19.4 Å². The molecule has 3 heterocycles. The van der Waals surface area contributed by atoms with E-state index in [2.05, 4.69) is 52.5 Å². The maximum absolute atomic E-state index is 5.97. The molecule has 1 saturated heterocycles. The van der Waals surface area contributed by atoms with Gasteiger partial charge in [0.15, 0.2) is 5.82 Å². The van der Waals surface area contributed by atoms with Gasteiger partial charge < -0.3 is 20.7 Å². The SMILES string of the molecule is Cc1ccc(-n2nc(N3CCOC(CCNCCN)C3)c3ccncc32)cc1. The second-order valence-electron chi connectivity index (χ2n) is 7.23. The van der Waals surface area contributed by atoms with Gasteiger partial charge in [0.2, 0.25) is 0 Å². The number of nitrogens with one attached hydrogen (secondary N) is 1. The summed E-state index contributed by atoms with van der Waals surface area (Å²) in [5.41, 5.74) is 8.84. The van der Waals surface area contributed by atoms with Crippen LogP contribution in [0.3, 0.4) is 0 Å². The van der Waals surface area contributed by atoms with Crippen molar-refractivity contribution in [2.24, 2.45) is 5.73 Å². The van der Waals surface area contributed by atoms with Gasteiger partial charge in [-0.1, -0.05) is 17.7 Å². The lowest BCUT2D eigenvalue weighted by molar-refractivity contribution is 0.0353. The van der Waals surface area contributed by atoms with Gasteiger partial charge >= 0.3 is 0 Å². The number of benzene rings is 1. The molecule has 0 bridgehead atoms. The minimum Gasteiger partial charge on any atom is -0.374 e. The van der Waals surface area contributed by atoms with Gasteiger partial charge in [-0.05, 0) is 38.1 Å². The summed E-state index contributed by atoms with van der Waals surface area (Å²) >= 11 is 0. The number of hydrogen-bond donors (Lipinski definition) is 2. The van der Waals surface area contributed by atoms with Crippen molar-refractivity contribution >= 4 is 16.7 Å². The Hall–Kier alpha value is -2.48. The molecule has 7 heteroatoms. The topological polar surface area (TPSA) is 81.2 Å². The molecule has 28 heavy (non-hydrogen) atoms. The van der Waals surface area contributed by atoms with Crippen molar-refractivity contribution in [3.8, 4) is 5.69 Å². The largest absolute Gasteiger partial charge is 0.374 e. The van der Waals surface area contributed by atoms with E-state index < -0.39 is 0 Å². The molecule has 4 rings (SSSR count). The van der Waals surface area contributed by atoms with Gasteiger partial charge in [0, 0.05) is 37.8 Å². The van der Waals surface area contributed by atoms with Crippen molar-refractivity contribution in [1.82, 2.24) is 20.1 Å². The molecule has 1 fully saturated rings. The Morgan fingerprint density at radius 1 is 1.21 bits per heavy atom. The smallest absolute Gasteiger partial charge is 0.159 e. The molecule has 148 valence electrons. The van der Waals surface area contributed by atoms with E-state index >= 15 is 0 Å². The molecule has 7 nitrogen and oxygen atoms in total. The lowest BCUT2D eigenvalue weighted by Gasteiger charge is -2.33. The molecular formula is C21H28N6O. The van der Waals surface area contributed by atoms with Gasteiger partial charge in [0.1, 0.15) is 0 Å². The first-order chi connectivity index (χ1) is 13.8. The fourth-order valence-electron chi connectivity index (χ4n) is 3.64. The normalized spacial score (nSPS) is 17.4. The predicted octanol–water partition coefficient (Wildman–Crippen LogP) is 1.87. The van der Waals surface area contributed by atoms with E-state index in [0.717, 1.165) is 55.0 Å². The van der Waals surface area contributed by atoms with Gasteiger partial charge in [0.05, 0.1) is 30.1 Å². The highest BCUT2D eigenvalue weighted by Crippen LogP contribution is 2.29. The van der Waals surface area contributed by atoms with E-state index in [4.69, 9.17) is 15.6 Å². The molecule has 1 aliphatic heterocycles. The van der Waals surface area contributed by atoms with E-state index in [1.165, 1.54) is 5.56 Å². The zero-order valence-corrected chi connectivity index (χ0v) is 16.3. The van der Waals surface area contributed by atoms with Crippen LogP contribution in [0.5, 0.6) is 0 Å². The van der Waals surface area contributed by atoms with Gasteiger partial charge in [-0.2, -0.15) is 0 Å². The fourth-order valence-corrected chi connectivity index (χ4v) is 3.64. The van der Waals surface area contributed by atoms with Gasteiger partial charge in [-0.15, -0.1) is 5.10 Å². The Bertz CT molecular complexity index is 907. The van der Waals surface area contributed by atoms with Crippen LogP contribution in [0, 0.1) is 6.92 Å². The summed E-state index contributed by atoms with van der Waals surface area (Å²) in [6, 6.07) is 10.5. The number of fused-ring (bicyclic) bond motifs is 1. The molecule has 0 amide bonds. The first kappa shape index (κ1) is 18.9. The Labute approximate surface area is 165 Å². The fraction of sp³-hybridized carbons (Fsp3) is 0.429. The van der Waals surface area contributed by atoms with Crippen molar-refractivity contribution < 1.29 is 4.74 Å². The molecule has 0 aliphatic carbocycles. The third-order valence-corrected chi connectivity index (χ3v) is 5.14. The number of rotatable bonds is 7. The number of hydrogen-bond acceptors (Lipinski definition) is 6. The number of aryl methyl sites for hydroxylation is 1. The van der Waals surface area contributed by atoms with Gasteiger partial charge in [-0.25, -0.2) is 4.68 Å². The zero-order valence-electron chi connectivity index (χ0n) is 16.3. The molecule has 1 aromatic carbocycles. The van der Waals surface area contributed by atoms with E-state index in [1.807, 2.05) is 17.1 Å². The standard InChI is InChI=1S/C21H28N6O/c1-16-2-4-17(5-3-16)27-20-14-24-10-7-19(20)21(25-27)26-12-13-28-18(15-26)6-9-23-11-8-22/h2-5,7,10,14,18,23H,6,8-9,11-13,15,22H2,1H3. The minimum atomic E-state index is 0.195. The van der Waals surface area contributed by atoms with Crippen molar-refractivity contribution in [3.05, 3.63) is 48.3 Å². The van der Waals surface area contributed by atoms with Crippen LogP contribution >= 0.6 is 0 Å². The molecule has 2 aromatic heterocycles. The van der Waals surface area contributed by atoms with Crippen molar-refractivity contribution in [3.63, 3.8) is 0 Å². The molecular weight excluding hydrogens is 352 g/mol. The molecule has 3 N–H and O–H groups in total. The van der Waals surface area contributed by atoms with Crippen molar-refractivity contribution in [1.29, 1.82) is 0 Å². The van der Waals surface area contributed by atoms with E-state index in [1.54, 1.807) is 0 Å².